The Hall–Kier alpha value is -1.06. The summed E-state index contributed by atoms with van der Waals surface area (Å²) in [6.45, 7) is 4.07. The van der Waals surface area contributed by atoms with Crippen LogP contribution < -0.4 is 10.6 Å². The summed E-state index contributed by atoms with van der Waals surface area (Å²) in [4.78, 5) is 2.57. The Morgan fingerprint density at radius 2 is 1.90 bits per heavy atom. The molecule has 0 atom stereocenters. The van der Waals surface area contributed by atoms with Crippen molar-refractivity contribution >= 4 is 5.69 Å². The van der Waals surface area contributed by atoms with Crippen molar-refractivity contribution in [3.05, 3.63) is 30.3 Å². The second-order valence-corrected chi connectivity index (χ2v) is 6.20. The molecule has 0 bridgehead atoms. The van der Waals surface area contributed by atoms with Gasteiger partial charge in [0.1, 0.15) is 0 Å². The van der Waals surface area contributed by atoms with Gasteiger partial charge in [0.25, 0.3) is 0 Å². The van der Waals surface area contributed by atoms with Gasteiger partial charge in [-0.05, 0) is 44.2 Å². The molecule has 1 fully saturated rings. The molecule has 0 heterocycles. The fourth-order valence-electron chi connectivity index (χ4n) is 3.51. The number of hydrogen-bond donors (Lipinski definition) is 1. The fraction of sp³-hybridized carbons (Fsp3) is 0.667. The molecule has 2 N–H and O–H groups in total. The standard InChI is InChI=1S/C18H30N2O/c1-3-4-14-20(16-8-6-5-7-9-16)18(15-19)12-10-17(21-2)11-13-18/h5-9,17H,3-4,10-15,19H2,1-2H3. The van der Waals surface area contributed by atoms with E-state index in [2.05, 4.69) is 42.2 Å². The number of unbranched alkanes of at least 4 members (excludes halogenated alkanes) is 1. The molecule has 3 heteroatoms. The lowest BCUT2D eigenvalue weighted by Crippen LogP contribution is -2.57. The van der Waals surface area contributed by atoms with Gasteiger partial charge in [-0.15, -0.1) is 0 Å². The number of para-hydroxylation sites is 1. The molecule has 0 amide bonds. The van der Waals surface area contributed by atoms with E-state index in [0.717, 1.165) is 38.8 Å². The zero-order valence-corrected chi connectivity index (χ0v) is 13.6. The van der Waals surface area contributed by atoms with Crippen LogP contribution in [0.1, 0.15) is 45.4 Å². The zero-order valence-electron chi connectivity index (χ0n) is 13.6. The second-order valence-electron chi connectivity index (χ2n) is 6.20. The molecule has 1 aliphatic rings. The van der Waals surface area contributed by atoms with Crippen molar-refractivity contribution in [3.63, 3.8) is 0 Å². The molecule has 21 heavy (non-hydrogen) atoms. The van der Waals surface area contributed by atoms with Crippen LogP contribution in [0.3, 0.4) is 0 Å². The molecule has 1 aliphatic carbocycles. The van der Waals surface area contributed by atoms with Crippen molar-refractivity contribution in [3.8, 4) is 0 Å². The molecule has 0 aliphatic heterocycles. The Morgan fingerprint density at radius 3 is 2.43 bits per heavy atom. The number of methoxy groups -OCH3 is 1. The van der Waals surface area contributed by atoms with E-state index in [1.165, 1.54) is 18.5 Å². The van der Waals surface area contributed by atoms with E-state index in [-0.39, 0.29) is 5.54 Å². The smallest absolute Gasteiger partial charge is 0.0573 e. The lowest BCUT2D eigenvalue weighted by molar-refractivity contribution is 0.0495. The number of benzene rings is 1. The van der Waals surface area contributed by atoms with E-state index in [0.29, 0.717) is 6.10 Å². The highest BCUT2D eigenvalue weighted by atomic mass is 16.5. The minimum absolute atomic E-state index is 0.103. The maximum Gasteiger partial charge on any atom is 0.0573 e. The summed E-state index contributed by atoms with van der Waals surface area (Å²) in [6.07, 6.45) is 7.32. The zero-order chi connectivity index (χ0) is 15.1. The summed E-state index contributed by atoms with van der Waals surface area (Å²) in [7, 11) is 1.83. The van der Waals surface area contributed by atoms with E-state index in [1.54, 1.807) is 0 Å². The molecule has 1 aromatic rings. The van der Waals surface area contributed by atoms with Crippen LogP contribution in [0.4, 0.5) is 5.69 Å². The van der Waals surface area contributed by atoms with Gasteiger partial charge in [-0.25, -0.2) is 0 Å². The summed E-state index contributed by atoms with van der Waals surface area (Å²) >= 11 is 0. The highest BCUT2D eigenvalue weighted by molar-refractivity contribution is 5.49. The largest absolute Gasteiger partial charge is 0.381 e. The molecule has 0 radical (unpaired) electrons. The third-order valence-corrected chi connectivity index (χ3v) is 4.95. The van der Waals surface area contributed by atoms with Crippen LogP contribution in [0.2, 0.25) is 0 Å². The molecule has 3 nitrogen and oxygen atoms in total. The first-order valence-corrected chi connectivity index (χ1v) is 8.31. The SMILES string of the molecule is CCCCN(c1ccccc1)C1(CN)CCC(OC)CC1. The van der Waals surface area contributed by atoms with E-state index < -0.39 is 0 Å². The van der Waals surface area contributed by atoms with Gasteiger partial charge in [-0.3, -0.25) is 0 Å². The summed E-state index contributed by atoms with van der Waals surface area (Å²) in [6, 6.07) is 10.8. The second kappa shape index (κ2) is 7.81. The third kappa shape index (κ3) is 3.78. The van der Waals surface area contributed by atoms with Gasteiger partial charge in [0, 0.05) is 25.9 Å². The topological polar surface area (TPSA) is 38.5 Å². The minimum Gasteiger partial charge on any atom is -0.381 e. The summed E-state index contributed by atoms with van der Waals surface area (Å²) in [5.74, 6) is 0. The van der Waals surface area contributed by atoms with Crippen LogP contribution in [0.25, 0.3) is 0 Å². The van der Waals surface area contributed by atoms with E-state index in [9.17, 15) is 0 Å². The maximum atomic E-state index is 6.25. The van der Waals surface area contributed by atoms with Crippen molar-refractivity contribution < 1.29 is 4.74 Å². The molecule has 0 spiro atoms. The summed E-state index contributed by atoms with van der Waals surface area (Å²) in [5.41, 5.74) is 7.67. The predicted octanol–water partition coefficient (Wildman–Crippen LogP) is 3.58. The van der Waals surface area contributed by atoms with Crippen molar-refractivity contribution in [1.82, 2.24) is 0 Å². The van der Waals surface area contributed by atoms with Crippen LogP contribution >= 0.6 is 0 Å². The van der Waals surface area contributed by atoms with Gasteiger partial charge in [-0.2, -0.15) is 0 Å². The Kier molecular flexibility index (Phi) is 6.07. The molecular formula is C18H30N2O. The van der Waals surface area contributed by atoms with E-state index in [1.807, 2.05) is 7.11 Å². The Morgan fingerprint density at radius 1 is 1.24 bits per heavy atom. The predicted molar refractivity (Wildman–Crippen MR) is 89.7 cm³/mol. The first-order valence-electron chi connectivity index (χ1n) is 8.31. The minimum atomic E-state index is 0.103. The Labute approximate surface area is 129 Å². The first-order chi connectivity index (χ1) is 10.3. The third-order valence-electron chi connectivity index (χ3n) is 4.95. The van der Waals surface area contributed by atoms with Crippen LogP contribution in [-0.2, 0) is 4.74 Å². The average molecular weight is 290 g/mol. The molecule has 0 aromatic heterocycles. The number of anilines is 1. The first kappa shape index (κ1) is 16.3. The normalized spacial score (nSPS) is 25.8. The monoisotopic (exact) mass is 290 g/mol. The van der Waals surface area contributed by atoms with Crippen molar-refractivity contribution in [2.45, 2.75) is 57.1 Å². The van der Waals surface area contributed by atoms with E-state index in [4.69, 9.17) is 10.5 Å². The molecular weight excluding hydrogens is 260 g/mol. The number of nitrogens with zero attached hydrogens (tertiary/aromatic N) is 1. The summed E-state index contributed by atoms with van der Waals surface area (Å²) in [5, 5.41) is 0. The molecule has 1 saturated carbocycles. The lowest BCUT2D eigenvalue weighted by Gasteiger charge is -2.49. The number of ether oxygens (including phenoxy) is 1. The molecule has 1 aromatic carbocycles. The number of hydrogen-bond acceptors (Lipinski definition) is 3. The van der Waals surface area contributed by atoms with Gasteiger partial charge in [-0.1, -0.05) is 31.5 Å². The van der Waals surface area contributed by atoms with Gasteiger partial charge in [0.15, 0.2) is 0 Å². The molecule has 118 valence electrons. The molecule has 0 unspecified atom stereocenters. The van der Waals surface area contributed by atoms with Gasteiger partial charge < -0.3 is 15.4 Å². The van der Waals surface area contributed by atoms with Crippen LogP contribution in [0.5, 0.6) is 0 Å². The van der Waals surface area contributed by atoms with Gasteiger partial charge in [0.2, 0.25) is 0 Å². The highest BCUT2D eigenvalue weighted by Gasteiger charge is 2.39. The van der Waals surface area contributed by atoms with Crippen molar-refractivity contribution in [1.29, 1.82) is 0 Å². The van der Waals surface area contributed by atoms with E-state index >= 15 is 0 Å². The fourth-order valence-corrected chi connectivity index (χ4v) is 3.51. The van der Waals surface area contributed by atoms with Crippen molar-refractivity contribution in [2.24, 2.45) is 5.73 Å². The van der Waals surface area contributed by atoms with Gasteiger partial charge in [0.05, 0.1) is 11.6 Å². The van der Waals surface area contributed by atoms with Crippen LogP contribution in [-0.4, -0.2) is 31.8 Å². The van der Waals surface area contributed by atoms with Crippen molar-refractivity contribution in [2.75, 3.05) is 25.1 Å². The molecule has 0 saturated heterocycles. The van der Waals surface area contributed by atoms with Gasteiger partial charge >= 0.3 is 0 Å². The quantitative estimate of drug-likeness (QED) is 0.834. The Balaban J connectivity index is 2.21. The Bertz CT molecular complexity index is 399. The molecule has 2 rings (SSSR count). The highest BCUT2D eigenvalue weighted by Crippen LogP contribution is 2.37. The average Bonchev–Trinajstić information content (AvgIpc) is 2.56. The summed E-state index contributed by atoms with van der Waals surface area (Å²) < 4.78 is 5.54. The lowest BCUT2D eigenvalue weighted by atomic mass is 9.78. The van der Waals surface area contributed by atoms with Crippen LogP contribution in [0, 0.1) is 0 Å². The maximum absolute atomic E-state index is 6.25. The van der Waals surface area contributed by atoms with Crippen LogP contribution in [0.15, 0.2) is 30.3 Å². The number of rotatable bonds is 7. The number of nitrogens with two attached hydrogens (primary N) is 1.